The first-order valence-corrected chi connectivity index (χ1v) is 7.19. The van der Waals surface area contributed by atoms with Crippen molar-refractivity contribution in [1.82, 2.24) is 10.0 Å². The molecule has 1 aromatic heterocycles. The summed E-state index contributed by atoms with van der Waals surface area (Å²) in [7, 11) is 0. The van der Waals surface area contributed by atoms with Gasteiger partial charge in [-0.1, -0.05) is 6.07 Å². The molecule has 3 aromatic rings. The fraction of sp³-hybridized carbons (Fsp3) is 0.118. The fourth-order valence-electron chi connectivity index (χ4n) is 2.41. The Morgan fingerprint density at radius 3 is 2.71 bits per heavy atom. The topological polar surface area (TPSA) is 63.5 Å². The molecule has 1 amide bonds. The molecule has 0 atom stereocenters. The number of halogens is 2. The number of hydrogen-bond acceptors (Lipinski definition) is 3. The standard InChI is InChI=1S/C17H14F2N2O3/c18-14-4-3-13(10-15(14)19)24-8-7-21-6-5-11-1-2-12(9-16(11)21)17(22)20-23/h1-6,9-10,23H,7-8H2,(H,20,22). The van der Waals surface area contributed by atoms with Gasteiger partial charge in [0.25, 0.3) is 5.91 Å². The van der Waals surface area contributed by atoms with Crippen LogP contribution in [0.4, 0.5) is 8.78 Å². The molecule has 0 bridgehead atoms. The minimum absolute atomic E-state index is 0.241. The predicted octanol–water partition coefficient (Wildman–Crippen LogP) is 3.12. The van der Waals surface area contributed by atoms with Gasteiger partial charge in [-0.25, -0.2) is 14.3 Å². The Bertz CT molecular complexity index is 893. The molecule has 0 saturated heterocycles. The third-order valence-electron chi connectivity index (χ3n) is 3.63. The van der Waals surface area contributed by atoms with Gasteiger partial charge >= 0.3 is 0 Å². The summed E-state index contributed by atoms with van der Waals surface area (Å²) in [6.45, 7) is 0.692. The summed E-state index contributed by atoms with van der Waals surface area (Å²) in [5.74, 6) is -2.24. The van der Waals surface area contributed by atoms with Crippen LogP contribution in [-0.4, -0.2) is 22.3 Å². The molecule has 0 saturated carbocycles. The van der Waals surface area contributed by atoms with Crippen molar-refractivity contribution >= 4 is 16.8 Å². The number of hydroxylamine groups is 1. The molecule has 5 nitrogen and oxygen atoms in total. The van der Waals surface area contributed by atoms with Gasteiger partial charge in [0.15, 0.2) is 11.6 Å². The third-order valence-corrected chi connectivity index (χ3v) is 3.63. The molecule has 7 heteroatoms. The Hall–Kier alpha value is -2.93. The van der Waals surface area contributed by atoms with Crippen LogP contribution in [0.15, 0.2) is 48.7 Å². The first-order valence-electron chi connectivity index (χ1n) is 7.19. The zero-order valence-corrected chi connectivity index (χ0v) is 12.5. The number of aromatic nitrogens is 1. The number of nitrogens with zero attached hydrogens (tertiary/aromatic N) is 1. The third kappa shape index (κ3) is 3.21. The number of hydrogen-bond donors (Lipinski definition) is 2. The summed E-state index contributed by atoms with van der Waals surface area (Å²) >= 11 is 0. The lowest BCUT2D eigenvalue weighted by molar-refractivity contribution is 0.0706. The SMILES string of the molecule is O=C(NO)c1ccc2ccn(CCOc3ccc(F)c(F)c3)c2c1. The quantitative estimate of drug-likeness (QED) is 0.557. The summed E-state index contributed by atoms with van der Waals surface area (Å²) in [6.07, 6.45) is 1.83. The zero-order valence-electron chi connectivity index (χ0n) is 12.5. The van der Waals surface area contributed by atoms with E-state index in [0.29, 0.717) is 12.1 Å². The van der Waals surface area contributed by atoms with Crippen molar-refractivity contribution in [3.8, 4) is 5.75 Å². The van der Waals surface area contributed by atoms with Gasteiger partial charge in [0, 0.05) is 23.3 Å². The summed E-state index contributed by atoms with van der Waals surface area (Å²) < 4.78 is 33.3. The molecule has 0 aliphatic rings. The predicted molar refractivity (Wildman–Crippen MR) is 83.0 cm³/mol. The van der Waals surface area contributed by atoms with Gasteiger partial charge in [-0.3, -0.25) is 10.0 Å². The molecule has 0 radical (unpaired) electrons. The average molecular weight is 332 g/mol. The highest BCUT2D eigenvalue weighted by Gasteiger charge is 2.08. The van der Waals surface area contributed by atoms with Gasteiger partial charge in [-0.2, -0.15) is 0 Å². The van der Waals surface area contributed by atoms with Crippen LogP contribution >= 0.6 is 0 Å². The highest BCUT2D eigenvalue weighted by atomic mass is 19.2. The molecule has 1 heterocycles. The highest BCUT2D eigenvalue weighted by Crippen LogP contribution is 2.19. The molecular formula is C17H14F2N2O3. The molecule has 0 fully saturated rings. The van der Waals surface area contributed by atoms with E-state index < -0.39 is 17.5 Å². The van der Waals surface area contributed by atoms with Crippen LogP contribution < -0.4 is 10.2 Å². The van der Waals surface area contributed by atoms with E-state index in [1.165, 1.54) is 6.07 Å². The summed E-state index contributed by atoms with van der Waals surface area (Å²) in [5.41, 5.74) is 2.71. The maximum absolute atomic E-state index is 13.1. The Morgan fingerprint density at radius 2 is 1.96 bits per heavy atom. The number of rotatable bonds is 5. The van der Waals surface area contributed by atoms with Crippen LogP contribution in [0, 0.1) is 11.6 Å². The molecule has 24 heavy (non-hydrogen) atoms. The minimum Gasteiger partial charge on any atom is -0.492 e. The lowest BCUT2D eigenvalue weighted by atomic mass is 10.1. The maximum Gasteiger partial charge on any atom is 0.274 e. The van der Waals surface area contributed by atoms with Crippen molar-refractivity contribution in [1.29, 1.82) is 0 Å². The highest BCUT2D eigenvalue weighted by molar-refractivity contribution is 5.97. The minimum atomic E-state index is -0.960. The van der Waals surface area contributed by atoms with E-state index in [1.807, 2.05) is 16.8 Å². The average Bonchev–Trinajstić information content (AvgIpc) is 2.99. The Balaban J connectivity index is 1.72. The molecule has 0 aliphatic carbocycles. The summed E-state index contributed by atoms with van der Waals surface area (Å²) in [6, 6.07) is 10.3. The van der Waals surface area contributed by atoms with E-state index >= 15 is 0 Å². The van der Waals surface area contributed by atoms with Gasteiger partial charge in [-0.15, -0.1) is 0 Å². The molecule has 0 aliphatic heterocycles. The number of ether oxygens (including phenoxy) is 1. The van der Waals surface area contributed by atoms with Crippen LogP contribution in [0.2, 0.25) is 0 Å². The van der Waals surface area contributed by atoms with Crippen molar-refractivity contribution in [3.05, 3.63) is 65.9 Å². The largest absolute Gasteiger partial charge is 0.492 e. The smallest absolute Gasteiger partial charge is 0.274 e. The van der Waals surface area contributed by atoms with Crippen molar-refractivity contribution in [2.75, 3.05) is 6.61 Å². The Morgan fingerprint density at radius 1 is 1.12 bits per heavy atom. The fourth-order valence-corrected chi connectivity index (χ4v) is 2.41. The van der Waals surface area contributed by atoms with Crippen molar-refractivity contribution in [2.24, 2.45) is 0 Å². The second kappa shape index (κ2) is 6.67. The second-order valence-corrected chi connectivity index (χ2v) is 5.15. The van der Waals surface area contributed by atoms with E-state index in [1.54, 1.807) is 23.7 Å². The lowest BCUT2D eigenvalue weighted by Crippen LogP contribution is -2.18. The first kappa shape index (κ1) is 15.9. The molecule has 0 spiro atoms. The van der Waals surface area contributed by atoms with Crippen LogP contribution in [0.5, 0.6) is 5.75 Å². The number of carbonyl (C=O) groups is 1. The monoisotopic (exact) mass is 332 g/mol. The lowest BCUT2D eigenvalue weighted by Gasteiger charge is -2.09. The Labute approximate surface area is 136 Å². The van der Waals surface area contributed by atoms with E-state index in [2.05, 4.69) is 0 Å². The molecule has 3 rings (SSSR count). The van der Waals surface area contributed by atoms with E-state index in [4.69, 9.17) is 9.94 Å². The zero-order chi connectivity index (χ0) is 17.1. The molecule has 0 unspecified atom stereocenters. The molecule has 124 valence electrons. The van der Waals surface area contributed by atoms with Crippen LogP contribution in [0.3, 0.4) is 0 Å². The normalized spacial score (nSPS) is 10.8. The first-order chi connectivity index (χ1) is 11.6. The number of benzene rings is 2. The molecule has 2 N–H and O–H groups in total. The second-order valence-electron chi connectivity index (χ2n) is 5.15. The summed E-state index contributed by atoms with van der Waals surface area (Å²) in [5, 5.41) is 9.63. The Kier molecular flexibility index (Phi) is 4.43. The van der Waals surface area contributed by atoms with Gasteiger partial charge in [-0.05, 0) is 35.7 Å². The van der Waals surface area contributed by atoms with Gasteiger partial charge in [0.05, 0.1) is 6.54 Å². The van der Waals surface area contributed by atoms with Crippen LogP contribution in [-0.2, 0) is 6.54 Å². The van der Waals surface area contributed by atoms with E-state index in [0.717, 1.165) is 23.0 Å². The van der Waals surface area contributed by atoms with Gasteiger partial charge < -0.3 is 9.30 Å². The van der Waals surface area contributed by atoms with Gasteiger partial charge in [0.1, 0.15) is 12.4 Å². The van der Waals surface area contributed by atoms with Crippen molar-refractivity contribution < 1.29 is 23.5 Å². The summed E-state index contributed by atoms with van der Waals surface area (Å²) in [4.78, 5) is 11.5. The maximum atomic E-state index is 13.1. The van der Waals surface area contributed by atoms with E-state index in [9.17, 15) is 13.6 Å². The van der Waals surface area contributed by atoms with Crippen LogP contribution in [0.1, 0.15) is 10.4 Å². The molecular weight excluding hydrogens is 318 g/mol. The molecule has 2 aromatic carbocycles. The van der Waals surface area contributed by atoms with Crippen LogP contribution in [0.25, 0.3) is 10.9 Å². The van der Waals surface area contributed by atoms with E-state index in [-0.39, 0.29) is 12.4 Å². The van der Waals surface area contributed by atoms with Gasteiger partial charge in [0.2, 0.25) is 0 Å². The van der Waals surface area contributed by atoms with Crippen molar-refractivity contribution in [3.63, 3.8) is 0 Å². The number of carbonyl (C=O) groups excluding carboxylic acids is 1. The number of nitrogens with one attached hydrogen (secondary N) is 1. The number of fused-ring (bicyclic) bond motifs is 1. The number of amides is 1. The van der Waals surface area contributed by atoms with Crippen molar-refractivity contribution in [2.45, 2.75) is 6.54 Å².